The Morgan fingerprint density at radius 1 is 1.59 bits per heavy atom. The topological polar surface area (TPSA) is 42.0 Å². The highest BCUT2D eigenvalue weighted by atomic mass is 79.9. The molecular weight excluding hydrogens is 279 g/mol. The standard InChI is InChI=1S/C12H18BBrN2O/c1-4-12(2,3)11(17)16-10-5-8(6-14)9(13)7-15-10/h5,7H,4,6,13H2,1-3H3,(H,15,16,17). The van der Waals surface area contributed by atoms with Crippen LogP contribution in [0.1, 0.15) is 32.8 Å². The van der Waals surface area contributed by atoms with Gasteiger partial charge in [-0.25, -0.2) is 4.98 Å². The number of aromatic nitrogens is 1. The highest BCUT2D eigenvalue weighted by Gasteiger charge is 2.25. The van der Waals surface area contributed by atoms with E-state index in [9.17, 15) is 4.79 Å². The van der Waals surface area contributed by atoms with E-state index in [0.29, 0.717) is 5.82 Å². The van der Waals surface area contributed by atoms with E-state index in [1.165, 1.54) is 0 Å². The Balaban J connectivity index is 2.86. The molecule has 1 amide bonds. The van der Waals surface area contributed by atoms with Crippen LogP contribution >= 0.6 is 15.9 Å². The van der Waals surface area contributed by atoms with E-state index in [1.807, 2.05) is 34.7 Å². The molecule has 0 atom stereocenters. The van der Waals surface area contributed by atoms with Crippen LogP contribution in [-0.2, 0) is 10.1 Å². The number of rotatable bonds is 4. The Kier molecular flexibility index (Phi) is 4.75. The molecule has 17 heavy (non-hydrogen) atoms. The average molecular weight is 297 g/mol. The van der Waals surface area contributed by atoms with Crippen molar-refractivity contribution in [1.82, 2.24) is 4.98 Å². The Labute approximate surface area is 112 Å². The first-order valence-corrected chi connectivity index (χ1v) is 6.85. The van der Waals surface area contributed by atoms with Gasteiger partial charge in [0.25, 0.3) is 0 Å². The van der Waals surface area contributed by atoms with Crippen molar-refractivity contribution in [1.29, 1.82) is 0 Å². The molecule has 1 aromatic rings. The number of nitrogens with zero attached hydrogens (tertiary/aromatic N) is 1. The van der Waals surface area contributed by atoms with Gasteiger partial charge in [-0.1, -0.05) is 42.2 Å². The summed E-state index contributed by atoms with van der Waals surface area (Å²) in [5.41, 5.74) is 1.90. The predicted octanol–water partition coefficient (Wildman–Crippen LogP) is 1.61. The van der Waals surface area contributed by atoms with Crippen molar-refractivity contribution >= 4 is 41.0 Å². The smallest absolute Gasteiger partial charge is 0.231 e. The molecule has 0 bridgehead atoms. The van der Waals surface area contributed by atoms with Crippen molar-refractivity contribution in [3.05, 3.63) is 17.8 Å². The number of anilines is 1. The minimum absolute atomic E-state index is 0.0110. The van der Waals surface area contributed by atoms with Gasteiger partial charge < -0.3 is 5.32 Å². The van der Waals surface area contributed by atoms with E-state index in [0.717, 1.165) is 22.8 Å². The fourth-order valence-electron chi connectivity index (χ4n) is 1.22. The van der Waals surface area contributed by atoms with Crippen molar-refractivity contribution < 1.29 is 4.79 Å². The largest absolute Gasteiger partial charge is 0.310 e. The van der Waals surface area contributed by atoms with E-state index in [1.54, 1.807) is 6.20 Å². The molecule has 0 aromatic carbocycles. The molecule has 1 N–H and O–H groups in total. The number of hydrogen-bond donors (Lipinski definition) is 1. The Morgan fingerprint density at radius 3 is 2.76 bits per heavy atom. The minimum atomic E-state index is -0.360. The van der Waals surface area contributed by atoms with Crippen molar-refractivity contribution in [2.75, 3.05) is 5.32 Å². The number of amides is 1. The molecule has 0 aliphatic rings. The molecule has 1 aromatic heterocycles. The second kappa shape index (κ2) is 5.67. The summed E-state index contributed by atoms with van der Waals surface area (Å²) in [4.78, 5) is 16.2. The van der Waals surface area contributed by atoms with Gasteiger partial charge in [-0.05, 0) is 18.1 Å². The fraction of sp³-hybridized carbons (Fsp3) is 0.500. The van der Waals surface area contributed by atoms with Gasteiger partial charge in [0.05, 0.1) is 0 Å². The van der Waals surface area contributed by atoms with Crippen LogP contribution in [-0.4, -0.2) is 18.7 Å². The van der Waals surface area contributed by atoms with E-state index in [-0.39, 0.29) is 11.3 Å². The molecule has 92 valence electrons. The number of alkyl halides is 1. The van der Waals surface area contributed by atoms with E-state index in [4.69, 9.17) is 0 Å². The normalized spacial score (nSPS) is 11.3. The summed E-state index contributed by atoms with van der Waals surface area (Å²) in [5.74, 6) is 0.633. The van der Waals surface area contributed by atoms with Gasteiger partial charge in [-0.2, -0.15) is 0 Å². The summed E-state index contributed by atoms with van der Waals surface area (Å²) in [6.45, 7) is 5.87. The third kappa shape index (κ3) is 3.56. The SMILES string of the molecule is Bc1cnc(NC(=O)C(C)(C)CC)cc1CBr. The number of nitrogens with one attached hydrogen (secondary N) is 1. The lowest BCUT2D eigenvalue weighted by Crippen LogP contribution is -2.30. The van der Waals surface area contributed by atoms with Crippen LogP contribution in [0.15, 0.2) is 12.3 Å². The van der Waals surface area contributed by atoms with Crippen LogP contribution in [0.2, 0.25) is 0 Å². The number of halogens is 1. The van der Waals surface area contributed by atoms with Gasteiger partial charge in [0.1, 0.15) is 13.7 Å². The zero-order valence-corrected chi connectivity index (χ0v) is 12.4. The fourth-order valence-corrected chi connectivity index (χ4v) is 1.83. The average Bonchev–Trinajstić information content (AvgIpc) is 2.31. The molecule has 3 nitrogen and oxygen atoms in total. The summed E-state index contributed by atoms with van der Waals surface area (Å²) in [6.07, 6.45) is 2.58. The van der Waals surface area contributed by atoms with Crippen molar-refractivity contribution in [2.45, 2.75) is 32.5 Å². The second-order valence-corrected chi connectivity index (χ2v) is 5.38. The number of pyridine rings is 1. The molecule has 0 saturated carbocycles. The summed E-state index contributed by atoms with van der Waals surface area (Å²) < 4.78 is 0. The zero-order chi connectivity index (χ0) is 13.1. The van der Waals surface area contributed by atoms with Crippen LogP contribution in [0, 0.1) is 5.41 Å². The highest BCUT2D eigenvalue weighted by Crippen LogP contribution is 2.21. The van der Waals surface area contributed by atoms with E-state index >= 15 is 0 Å². The molecule has 0 aliphatic carbocycles. The van der Waals surface area contributed by atoms with E-state index < -0.39 is 0 Å². The third-order valence-corrected chi connectivity index (χ3v) is 3.70. The maximum atomic E-state index is 12.0. The maximum Gasteiger partial charge on any atom is 0.231 e. The molecular formula is C12H18BBrN2O. The second-order valence-electron chi connectivity index (χ2n) is 4.82. The van der Waals surface area contributed by atoms with Crippen LogP contribution in [0.5, 0.6) is 0 Å². The van der Waals surface area contributed by atoms with E-state index in [2.05, 4.69) is 26.2 Å². The van der Waals surface area contributed by atoms with Crippen LogP contribution in [0.25, 0.3) is 0 Å². The summed E-state index contributed by atoms with van der Waals surface area (Å²) in [6, 6.07) is 1.91. The molecule has 1 heterocycles. The summed E-state index contributed by atoms with van der Waals surface area (Å²) in [5, 5.41) is 3.63. The lowest BCUT2D eigenvalue weighted by molar-refractivity contribution is -0.124. The predicted molar refractivity (Wildman–Crippen MR) is 77.7 cm³/mol. The molecule has 0 spiro atoms. The van der Waals surface area contributed by atoms with Gasteiger partial charge in [0.15, 0.2) is 0 Å². The van der Waals surface area contributed by atoms with Gasteiger partial charge in [-0.15, -0.1) is 0 Å². The molecule has 0 aliphatic heterocycles. The van der Waals surface area contributed by atoms with Crippen LogP contribution < -0.4 is 10.8 Å². The first-order chi connectivity index (χ1) is 7.90. The zero-order valence-electron chi connectivity index (χ0n) is 10.8. The number of hydrogen-bond acceptors (Lipinski definition) is 2. The van der Waals surface area contributed by atoms with Gasteiger partial charge in [-0.3, -0.25) is 4.79 Å². The van der Waals surface area contributed by atoms with Gasteiger partial charge in [0.2, 0.25) is 5.91 Å². The van der Waals surface area contributed by atoms with Crippen molar-refractivity contribution in [3.63, 3.8) is 0 Å². The molecule has 5 heteroatoms. The van der Waals surface area contributed by atoms with Gasteiger partial charge in [0, 0.05) is 16.9 Å². The van der Waals surface area contributed by atoms with Crippen LogP contribution in [0.4, 0.5) is 5.82 Å². The maximum absolute atomic E-state index is 12.0. The Morgan fingerprint density at radius 2 is 2.24 bits per heavy atom. The monoisotopic (exact) mass is 296 g/mol. The highest BCUT2D eigenvalue weighted by molar-refractivity contribution is 9.08. The van der Waals surface area contributed by atoms with Crippen molar-refractivity contribution in [3.8, 4) is 0 Å². The van der Waals surface area contributed by atoms with Crippen molar-refractivity contribution in [2.24, 2.45) is 5.41 Å². The molecule has 0 fully saturated rings. The molecule has 1 rings (SSSR count). The lowest BCUT2D eigenvalue weighted by atomic mass is 9.89. The van der Waals surface area contributed by atoms with Crippen LogP contribution in [0.3, 0.4) is 0 Å². The minimum Gasteiger partial charge on any atom is -0.310 e. The molecule has 0 saturated heterocycles. The number of carbonyl (C=O) groups excluding carboxylic acids is 1. The first kappa shape index (κ1) is 14.2. The Bertz CT molecular complexity index is 421. The van der Waals surface area contributed by atoms with Gasteiger partial charge >= 0.3 is 0 Å². The quantitative estimate of drug-likeness (QED) is 0.677. The summed E-state index contributed by atoms with van der Waals surface area (Å²) >= 11 is 3.42. The molecule has 0 radical (unpaired) electrons. The molecule has 0 unspecified atom stereocenters. The third-order valence-electron chi connectivity index (χ3n) is 3.10. The Hall–Kier alpha value is -0.835. The summed E-state index contributed by atoms with van der Waals surface area (Å²) in [7, 11) is 2.01. The number of carbonyl (C=O) groups is 1. The lowest BCUT2D eigenvalue weighted by Gasteiger charge is -2.21. The first-order valence-electron chi connectivity index (χ1n) is 5.73.